The molecule has 3 aromatic carbocycles. The highest BCUT2D eigenvalue weighted by atomic mass is 14.9. The van der Waals surface area contributed by atoms with E-state index in [9.17, 15) is 0 Å². The molecule has 3 aromatic rings. The van der Waals surface area contributed by atoms with Gasteiger partial charge in [0.05, 0.1) is 5.84 Å². The fourth-order valence-electron chi connectivity index (χ4n) is 5.35. The lowest BCUT2D eigenvalue weighted by Gasteiger charge is -2.27. The third-order valence-corrected chi connectivity index (χ3v) is 8.10. The first-order valence-corrected chi connectivity index (χ1v) is 17.5. The zero-order chi connectivity index (χ0) is 35.1. The van der Waals surface area contributed by atoms with Gasteiger partial charge in [-0.15, -0.1) is 6.58 Å². The van der Waals surface area contributed by atoms with Gasteiger partial charge in [-0.3, -0.25) is 4.99 Å². The molecule has 2 unspecified atom stereocenters. The Bertz CT molecular complexity index is 1280. The smallest absolute Gasteiger partial charge is 0.105 e. The summed E-state index contributed by atoms with van der Waals surface area (Å²) in [6.45, 7) is 31.3. The van der Waals surface area contributed by atoms with Crippen LogP contribution in [-0.2, 0) is 12.1 Å². The number of nitrogens with two attached hydrogens (primary N) is 1. The van der Waals surface area contributed by atoms with Gasteiger partial charge in [0.1, 0.15) is 5.54 Å². The van der Waals surface area contributed by atoms with E-state index in [4.69, 9.17) is 10.7 Å². The summed E-state index contributed by atoms with van der Waals surface area (Å²) in [7, 11) is 0. The van der Waals surface area contributed by atoms with E-state index >= 15 is 0 Å². The lowest BCUT2D eigenvalue weighted by atomic mass is 9.84. The van der Waals surface area contributed by atoms with Crippen LogP contribution in [0.3, 0.4) is 0 Å². The van der Waals surface area contributed by atoms with Crippen LogP contribution in [0, 0.1) is 12.8 Å². The van der Waals surface area contributed by atoms with E-state index in [0.717, 1.165) is 23.6 Å². The summed E-state index contributed by atoms with van der Waals surface area (Å²) in [5.41, 5.74) is 13.7. The lowest BCUT2D eigenvalue weighted by molar-refractivity contribution is 0.427. The second-order valence-corrected chi connectivity index (χ2v) is 12.1. The number of nitrogens with zero attached hydrogens (tertiary/aromatic N) is 1. The highest BCUT2D eigenvalue weighted by Gasteiger charge is 2.27. The van der Waals surface area contributed by atoms with Crippen molar-refractivity contribution in [2.24, 2.45) is 16.6 Å². The molecule has 0 spiro atoms. The van der Waals surface area contributed by atoms with Crippen molar-refractivity contribution in [2.45, 2.75) is 126 Å². The molecule has 254 valence electrons. The van der Waals surface area contributed by atoms with Crippen molar-refractivity contribution in [3.05, 3.63) is 120 Å². The largest absolute Gasteiger partial charge is 0.388 e. The molecule has 3 heteroatoms. The van der Waals surface area contributed by atoms with Gasteiger partial charge in [0.25, 0.3) is 0 Å². The minimum absolute atomic E-state index is 0.269. The number of aliphatic imine (C=N–C) groups is 1. The molecular formula is C43H67N3. The van der Waals surface area contributed by atoms with Gasteiger partial charge in [0.2, 0.25) is 0 Å². The molecule has 0 aliphatic carbocycles. The Labute approximate surface area is 284 Å². The van der Waals surface area contributed by atoms with E-state index < -0.39 is 5.54 Å². The first-order valence-electron chi connectivity index (χ1n) is 17.5. The van der Waals surface area contributed by atoms with Crippen LogP contribution in [0.5, 0.6) is 0 Å². The van der Waals surface area contributed by atoms with Crippen molar-refractivity contribution in [3.8, 4) is 11.1 Å². The highest BCUT2D eigenvalue weighted by molar-refractivity contribution is 5.78. The number of benzene rings is 3. The third kappa shape index (κ3) is 14.8. The van der Waals surface area contributed by atoms with Crippen molar-refractivity contribution < 1.29 is 0 Å². The molecule has 2 atom stereocenters. The second kappa shape index (κ2) is 23.8. The van der Waals surface area contributed by atoms with E-state index in [0.29, 0.717) is 5.84 Å². The number of rotatable bonds is 13. The summed E-state index contributed by atoms with van der Waals surface area (Å²) in [4.78, 5) is 4.73. The molecule has 46 heavy (non-hydrogen) atoms. The molecule has 0 saturated carbocycles. The van der Waals surface area contributed by atoms with Crippen LogP contribution in [0.2, 0.25) is 0 Å². The lowest BCUT2D eigenvalue weighted by Crippen LogP contribution is -2.24. The summed E-state index contributed by atoms with van der Waals surface area (Å²) < 4.78 is 0. The quantitative estimate of drug-likeness (QED) is 0.113. The number of hydrogen-bond acceptors (Lipinski definition) is 2. The molecule has 3 nitrogen and oxygen atoms in total. The van der Waals surface area contributed by atoms with Crippen molar-refractivity contribution in [1.29, 1.82) is 0 Å². The average molecular weight is 626 g/mol. The van der Waals surface area contributed by atoms with Crippen LogP contribution in [0.1, 0.15) is 130 Å². The van der Waals surface area contributed by atoms with Gasteiger partial charge < -0.3 is 11.1 Å². The summed E-state index contributed by atoms with van der Waals surface area (Å²) in [6.07, 6.45) is 8.72. The SMILES string of the molecule is C=C(C)C(C)(N=C(C)N)c1cccc(-c2cc(C)ccc2CNC(C)c2ccccc2)c1.C=CC.CC.CCCC(CC)CCC. The zero-order valence-electron chi connectivity index (χ0n) is 31.3. The summed E-state index contributed by atoms with van der Waals surface area (Å²) >= 11 is 0. The van der Waals surface area contributed by atoms with Crippen molar-refractivity contribution in [3.63, 3.8) is 0 Å². The fraction of sp³-hybridized carbons (Fsp3) is 0.465. The first-order chi connectivity index (χ1) is 22.0. The van der Waals surface area contributed by atoms with Crippen molar-refractivity contribution in [1.82, 2.24) is 5.32 Å². The van der Waals surface area contributed by atoms with Crippen LogP contribution in [0.4, 0.5) is 0 Å². The predicted molar refractivity (Wildman–Crippen MR) is 209 cm³/mol. The maximum atomic E-state index is 5.96. The molecule has 0 aliphatic rings. The van der Waals surface area contributed by atoms with E-state index in [1.54, 1.807) is 6.08 Å². The minimum atomic E-state index is -0.557. The Morgan fingerprint density at radius 1 is 0.935 bits per heavy atom. The van der Waals surface area contributed by atoms with Gasteiger partial charge >= 0.3 is 0 Å². The summed E-state index contributed by atoms with van der Waals surface area (Å²) in [5.74, 6) is 1.57. The number of amidine groups is 1. The van der Waals surface area contributed by atoms with Gasteiger partial charge in [-0.05, 0) is 86.9 Å². The molecule has 0 saturated heterocycles. The molecule has 3 rings (SSSR count). The Kier molecular flexibility index (Phi) is 22.1. The number of hydrogen-bond donors (Lipinski definition) is 2. The van der Waals surface area contributed by atoms with Crippen LogP contribution < -0.4 is 11.1 Å². The van der Waals surface area contributed by atoms with E-state index in [1.165, 1.54) is 59.9 Å². The number of aryl methyl sites for hydroxylation is 1. The van der Waals surface area contributed by atoms with Crippen LogP contribution in [0.25, 0.3) is 11.1 Å². The van der Waals surface area contributed by atoms with Gasteiger partial charge in [-0.1, -0.05) is 152 Å². The standard InChI is InChI=1S/C29H35N3.C9H20.C3H6.C2H6/c1-20(2)29(6,32-23(5)30)27-14-10-13-25(18-27)28-17-21(3)15-16-26(28)19-31-22(4)24-11-8-7-9-12-24;1-4-7-9(6-3)8-5-2;1-3-2;1-2/h7-18,22,31H,1,19H2,2-6H3,(H2,30,32);9H,4-8H2,1-3H3;3H,1H2,2H3;1-2H3. The molecule has 0 radical (unpaired) electrons. The Balaban J connectivity index is 0.00000122. The molecule has 0 bridgehead atoms. The highest BCUT2D eigenvalue weighted by Crippen LogP contribution is 2.36. The minimum Gasteiger partial charge on any atom is -0.388 e. The number of nitrogens with one attached hydrogen (secondary N) is 1. The predicted octanol–water partition coefficient (Wildman–Crippen LogP) is 12.5. The first kappa shape index (κ1) is 42.6. The summed E-state index contributed by atoms with van der Waals surface area (Å²) in [5, 5.41) is 3.68. The maximum Gasteiger partial charge on any atom is 0.105 e. The molecule has 0 fully saturated rings. The molecular weight excluding hydrogens is 558 g/mol. The Morgan fingerprint density at radius 2 is 1.52 bits per heavy atom. The van der Waals surface area contributed by atoms with Gasteiger partial charge in [0, 0.05) is 12.6 Å². The molecule has 3 N–H and O–H groups in total. The maximum absolute atomic E-state index is 5.96. The zero-order valence-corrected chi connectivity index (χ0v) is 31.3. The average Bonchev–Trinajstić information content (AvgIpc) is 3.05. The van der Waals surface area contributed by atoms with E-state index in [1.807, 2.05) is 34.6 Å². The fourth-order valence-corrected chi connectivity index (χ4v) is 5.35. The number of allylic oxidation sites excluding steroid dienone is 1. The van der Waals surface area contributed by atoms with Gasteiger partial charge in [-0.2, -0.15) is 0 Å². The molecule has 0 heterocycles. The van der Waals surface area contributed by atoms with E-state index in [-0.39, 0.29) is 6.04 Å². The monoisotopic (exact) mass is 626 g/mol. The van der Waals surface area contributed by atoms with Crippen LogP contribution in [-0.4, -0.2) is 5.84 Å². The van der Waals surface area contributed by atoms with Gasteiger partial charge in [0.15, 0.2) is 0 Å². The van der Waals surface area contributed by atoms with Crippen LogP contribution >= 0.6 is 0 Å². The van der Waals surface area contributed by atoms with Gasteiger partial charge in [-0.25, -0.2) is 0 Å². The third-order valence-electron chi connectivity index (χ3n) is 8.10. The summed E-state index contributed by atoms with van der Waals surface area (Å²) in [6, 6.07) is 26.1. The normalized spacial score (nSPS) is 12.7. The molecule has 0 aromatic heterocycles. The van der Waals surface area contributed by atoms with Crippen molar-refractivity contribution >= 4 is 5.84 Å². The van der Waals surface area contributed by atoms with E-state index in [2.05, 4.69) is 133 Å². The molecule has 0 amide bonds. The topological polar surface area (TPSA) is 50.4 Å². The van der Waals surface area contributed by atoms with Crippen molar-refractivity contribution in [2.75, 3.05) is 0 Å². The second-order valence-electron chi connectivity index (χ2n) is 12.1. The Morgan fingerprint density at radius 3 is 2.02 bits per heavy atom. The van der Waals surface area contributed by atoms with Crippen LogP contribution in [0.15, 0.2) is 103 Å². The molecule has 0 aliphatic heterocycles. The Hall–Kier alpha value is -3.43.